The Morgan fingerprint density at radius 2 is 1.89 bits per heavy atom. The molecule has 1 aromatic carbocycles. The van der Waals surface area contributed by atoms with Crippen molar-refractivity contribution < 1.29 is 14.6 Å². The number of terminal acetylenes is 1. The van der Waals surface area contributed by atoms with E-state index in [9.17, 15) is 5.11 Å². The second-order valence-electron chi connectivity index (χ2n) is 4.79. The van der Waals surface area contributed by atoms with Gasteiger partial charge in [-0.25, -0.2) is 0 Å². The Morgan fingerprint density at radius 1 is 1.26 bits per heavy atom. The number of hydrogen-bond acceptors (Lipinski definition) is 3. The lowest BCUT2D eigenvalue weighted by molar-refractivity contribution is 0.0150. The Bertz CT molecular complexity index is 405. The zero-order valence-corrected chi connectivity index (χ0v) is 11.8. The molecule has 3 heteroatoms. The van der Waals surface area contributed by atoms with Crippen LogP contribution in [0.4, 0.5) is 0 Å². The highest BCUT2D eigenvalue weighted by molar-refractivity contribution is 5.26. The molecule has 0 aliphatic rings. The summed E-state index contributed by atoms with van der Waals surface area (Å²) < 4.78 is 10.7. The predicted molar refractivity (Wildman–Crippen MR) is 75.8 cm³/mol. The Hall–Kier alpha value is -1.50. The summed E-state index contributed by atoms with van der Waals surface area (Å²) in [5.41, 5.74) is 1.08. The van der Waals surface area contributed by atoms with Gasteiger partial charge in [-0.1, -0.05) is 19.1 Å². The number of aliphatic hydroxyl groups excluding tert-OH is 1. The summed E-state index contributed by atoms with van der Waals surface area (Å²) in [6, 6.07) is 7.72. The van der Waals surface area contributed by atoms with Crippen molar-refractivity contribution in [2.75, 3.05) is 13.7 Å². The summed E-state index contributed by atoms with van der Waals surface area (Å²) in [6.45, 7) is 4.78. The van der Waals surface area contributed by atoms with Crippen LogP contribution in [0.1, 0.15) is 19.4 Å². The molecule has 0 aliphatic heterocycles. The Morgan fingerprint density at radius 3 is 2.42 bits per heavy atom. The maximum Gasteiger partial charge on any atom is 0.118 e. The van der Waals surface area contributed by atoms with E-state index in [-0.39, 0.29) is 11.8 Å². The van der Waals surface area contributed by atoms with Crippen molar-refractivity contribution in [2.24, 2.45) is 11.8 Å². The quantitative estimate of drug-likeness (QED) is 0.767. The number of hydrogen-bond donors (Lipinski definition) is 1. The van der Waals surface area contributed by atoms with E-state index in [0.29, 0.717) is 13.2 Å². The highest BCUT2D eigenvalue weighted by Gasteiger charge is 2.19. The minimum absolute atomic E-state index is 0.0179. The molecule has 0 saturated carbocycles. The third kappa shape index (κ3) is 4.94. The van der Waals surface area contributed by atoms with Crippen LogP contribution < -0.4 is 4.74 Å². The topological polar surface area (TPSA) is 38.7 Å². The largest absolute Gasteiger partial charge is 0.497 e. The minimum atomic E-state index is -0.527. The standard InChI is InChI=1S/C16H22O3/c1-5-12(2)16(17)13(3)10-19-11-14-6-8-15(18-4)9-7-14/h1,6-9,12-13,16-17H,10-11H2,2-4H3/t12-,13+,16-/m1/s1. The summed E-state index contributed by atoms with van der Waals surface area (Å²) in [5.74, 6) is 3.24. The SMILES string of the molecule is C#C[C@@H](C)[C@@H](O)[C@@H](C)COCc1ccc(OC)cc1. The molecule has 0 bridgehead atoms. The fraction of sp³-hybridized carbons (Fsp3) is 0.500. The molecule has 3 atom stereocenters. The molecule has 0 radical (unpaired) electrons. The van der Waals surface area contributed by atoms with E-state index in [1.54, 1.807) is 7.11 Å². The fourth-order valence-electron chi connectivity index (χ4n) is 1.77. The van der Waals surface area contributed by atoms with Gasteiger partial charge in [-0.15, -0.1) is 12.3 Å². The third-order valence-electron chi connectivity index (χ3n) is 3.17. The van der Waals surface area contributed by atoms with Gasteiger partial charge < -0.3 is 14.6 Å². The van der Waals surface area contributed by atoms with E-state index in [4.69, 9.17) is 15.9 Å². The molecule has 1 N–H and O–H groups in total. The highest BCUT2D eigenvalue weighted by atomic mass is 16.5. The molecular formula is C16H22O3. The van der Waals surface area contributed by atoms with E-state index < -0.39 is 6.10 Å². The Balaban J connectivity index is 2.35. The van der Waals surface area contributed by atoms with Crippen LogP contribution in [0.5, 0.6) is 5.75 Å². The molecule has 0 unspecified atom stereocenters. The van der Waals surface area contributed by atoms with Gasteiger partial charge in [0, 0.05) is 11.8 Å². The van der Waals surface area contributed by atoms with E-state index in [2.05, 4.69) is 5.92 Å². The first kappa shape index (κ1) is 15.6. The zero-order chi connectivity index (χ0) is 14.3. The summed E-state index contributed by atoms with van der Waals surface area (Å²) in [7, 11) is 1.64. The number of aliphatic hydroxyl groups is 1. The molecule has 0 heterocycles. The average Bonchev–Trinajstić information content (AvgIpc) is 2.46. The molecule has 0 amide bonds. The molecule has 104 valence electrons. The van der Waals surface area contributed by atoms with Crippen molar-refractivity contribution in [3.8, 4) is 18.1 Å². The van der Waals surface area contributed by atoms with Gasteiger partial charge in [0.1, 0.15) is 5.75 Å². The molecule has 0 fully saturated rings. The molecule has 3 nitrogen and oxygen atoms in total. The van der Waals surface area contributed by atoms with Crippen molar-refractivity contribution in [3.63, 3.8) is 0 Å². The van der Waals surface area contributed by atoms with E-state index >= 15 is 0 Å². The predicted octanol–water partition coefficient (Wildman–Crippen LogP) is 2.48. The first-order valence-electron chi connectivity index (χ1n) is 6.43. The van der Waals surface area contributed by atoms with Gasteiger partial charge in [0.2, 0.25) is 0 Å². The fourth-order valence-corrected chi connectivity index (χ4v) is 1.77. The van der Waals surface area contributed by atoms with Gasteiger partial charge in [0.05, 0.1) is 26.4 Å². The van der Waals surface area contributed by atoms with Crippen molar-refractivity contribution in [1.82, 2.24) is 0 Å². The minimum Gasteiger partial charge on any atom is -0.497 e. The normalized spacial score (nSPS) is 15.3. The first-order chi connectivity index (χ1) is 9.08. The second-order valence-corrected chi connectivity index (χ2v) is 4.79. The third-order valence-corrected chi connectivity index (χ3v) is 3.17. The van der Waals surface area contributed by atoms with E-state index in [1.165, 1.54) is 0 Å². The van der Waals surface area contributed by atoms with Gasteiger partial charge in [0.25, 0.3) is 0 Å². The van der Waals surface area contributed by atoms with Crippen LogP contribution in [-0.4, -0.2) is 24.9 Å². The van der Waals surface area contributed by atoms with Crippen molar-refractivity contribution in [3.05, 3.63) is 29.8 Å². The Kier molecular flexibility index (Phi) is 6.41. The van der Waals surface area contributed by atoms with Gasteiger partial charge in [0.15, 0.2) is 0 Å². The van der Waals surface area contributed by atoms with E-state index in [0.717, 1.165) is 11.3 Å². The molecule has 1 rings (SSSR count). The van der Waals surface area contributed by atoms with Gasteiger partial charge in [-0.2, -0.15) is 0 Å². The molecule has 0 spiro atoms. The van der Waals surface area contributed by atoms with Crippen LogP contribution in [0.25, 0.3) is 0 Å². The van der Waals surface area contributed by atoms with Crippen molar-refractivity contribution in [1.29, 1.82) is 0 Å². The van der Waals surface area contributed by atoms with Crippen LogP contribution in [0.15, 0.2) is 24.3 Å². The van der Waals surface area contributed by atoms with Gasteiger partial charge in [-0.05, 0) is 24.6 Å². The Labute approximate surface area is 115 Å². The van der Waals surface area contributed by atoms with Crippen LogP contribution >= 0.6 is 0 Å². The number of ether oxygens (including phenoxy) is 2. The summed E-state index contributed by atoms with van der Waals surface area (Å²) >= 11 is 0. The summed E-state index contributed by atoms with van der Waals surface area (Å²) in [4.78, 5) is 0. The van der Waals surface area contributed by atoms with Crippen LogP contribution in [0.3, 0.4) is 0 Å². The number of rotatable bonds is 7. The molecular weight excluding hydrogens is 240 g/mol. The first-order valence-corrected chi connectivity index (χ1v) is 6.43. The number of benzene rings is 1. The second kappa shape index (κ2) is 7.83. The van der Waals surface area contributed by atoms with Crippen LogP contribution in [0, 0.1) is 24.2 Å². The molecule has 1 aromatic rings. The lowest BCUT2D eigenvalue weighted by Gasteiger charge is -2.21. The highest BCUT2D eigenvalue weighted by Crippen LogP contribution is 2.15. The zero-order valence-electron chi connectivity index (χ0n) is 11.8. The van der Waals surface area contributed by atoms with Crippen molar-refractivity contribution >= 4 is 0 Å². The van der Waals surface area contributed by atoms with Crippen LogP contribution in [0.2, 0.25) is 0 Å². The molecule has 0 saturated heterocycles. The molecule has 0 aliphatic carbocycles. The lowest BCUT2D eigenvalue weighted by Crippen LogP contribution is -2.28. The van der Waals surface area contributed by atoms with Crippen LogP contribution in [-0.2, 0) is 11.3 Å². The summed E-state index contributed by atoms with van der Waals surface area (Å²) in [6.07, 6.45) is 4.77. The van der Waals surface area contributed by atoms with Gasteiger partial charge in [-0.3, -0.25) is 0 Å². The van der Waals surface area contributed by atoms with Gasteiger partial charge >= 0.3 is 0 Å². The lowest BCUT2D eigenvalue weighted by atomic mass is 9.95. The maximum absolute atomic E-state index is 9.91. The van der Waals surface area contributed by atoms with Crippen molar-refractivity contribution in [2.45, 2.75) is 26.6 Å². The smallest absolute Gasteiger partial charge is 0.118 e. The molecule has 19 heavy (non-hydrogen) atoms. The molecule has 0 aromatic heterocycles. The summed E-state index contributed by atoms with van der Waals surface area (Å²) in [5, 5.41) is 9.91. The van der Waals surface area contributed by atoms with E-state index in [1.807, 2.05) is 38.1 Å². The number of methoxy groups -OCH3 is 1. The maximum atomic E-state index is 9.91. The average molecular weight is 262 g/mol. The monoisotopic (exact) mass is 262 g/mol.